The molecule has 0 radical (unpaired) electrons. The molecule has 2 N–H and O–H groups in total. The molecule has 3 nitrogen and oxygen atoms in total. The summed E-state index contributed by atoms with van der Waals surface area (Å²) >= 11 is 1.84. The van der Waals surface area contributed by atoms with Crippen molar-refractivity contribution in [1.29, 1.82) is 0 Å². The highest BCUT2D eigenvalue weighted by atomic mass is 32.1. The zero-order valence-electron chi connectivity index (χ0n) is 9.76. The minimum absolute atomic E-state index is 0.215. The van der Waals surface area contributed by atoms with Gasteiger partial charge in [-0.25, -0.2) is 0 Å². The van der Waals surface area contributed by atoms with Crippen molar-refractivity contribution in [2.75, 3.05) is 26.2 Å². The topological polar surface area (TPSA) is 38.5 Å². The second kappa shape index (κ2) is 5.77. The molecule has 1 fully saturated rings. The van der Waals surface area contributed by atoms with Crippen LogP contribution in [0.15, 0.2) is 17.5 Å². The van der Waals surface area contributed by atoms with E-state index in [1.165, 1.54) is 4.88 Å². The number of thiophene rings is 1. The van der Waals surface area contributed by atoms with Crippen LogP contribution < -0.4 is 5.73 Å². The molecule has 90 valence electrons. The number of rotatable bonds is 4. The molecule has 0 amide bonds. The van der Waals surface area contributed by atoms with Gasteiger partial charge in [0.1, 0.15) is 0 Å². The molecular formula is C12H20N2OS. The lowest BCUT2D eigenvalue weighted by atomic mass is 10.2. The summed E-state index contributed by atoms with van der Waals surface area (Å²) in [5.41, 5.74) is 5.67. The van der Waals surface area contributed by atoms with Crippen LogP contribution >= 0.6 is 11.3 Å². The Bertz CT molecular complexity index is 302. The van der Waals surface area contributed by atoms with Crippen molar-refractivity contribution in [3.8, 4) is 0 Å². The molecule has 2 unspecified atom stereocenters. The largest absolute Gasteiger partial charge is 0.371 e. The van der Waals surface area contributed by atoms with E-state index in [0.717, 1.165) is 26.1 Å². The van der Waals surface area contributed by atoms with Gasteiger partial charge in [-0.1, -0.05) is 6.07 Å². The monoisotopic (exact) mass is 240 g/mol. The number of ether oxygens (including phenoxy) is 1. The molecule has 0 bridgehead atoms. The van der Waals surface area contributed by atoms with E-state index >= 15 is 0 Å². The molecule has 0 aliphatic carbocycles. The quantitative estimate of drug-likeness (QED) is 0.863. The van der Waals surface area contributed by atoms with Crippen LogP contribution in [0.4, 0.5) is 0 Å². The van der Waals surface area contributed by atoms with E-state index in [0.29, 0.717) is 12.6 Å². The smallest absolute Gasteiger partial charge is 0.0828 e. The van der Waals surface area contributed by atoms with Crippen LogP contribution in [0.25, 0.3) is 0 Å². The number of hydrogen-bond acceptors (Lipinski definition) is 4. The molecule has 0 aromatic carbocycles. The Hall–Kier alpha value is -0.420. The zero-order chi connectivity index (χ0) is 11.4. The van der Waals surface area contributed by atoms with Crippen molar-refractivity contribution in [3.63, 3.8) is 0 Å². The summed E-state index contributed by atoms with van der Waals surface area (Å²) in [6, 6.07) is 4.32. The maximum absolute atomic E-state index is 5.74. The SMILES string of the molecule is CC1CN(CCc2cccs2)CC(CN)O1. The Labute approximate surface area is 101 Å². The Morgan fingerprint density at radius 3 is 3.12 bits per heavy atom. The van der Waals surface area contributed by atoms with Gasteiger partial charge < -0.3 is 10.5 Å². The lowest BCUT2D eigenvalue weighted by Crippen LogP contribution is -2.49. The second-order valence-electron chi connectivity index (χ2n) is 4.39. The van der Waals surface area contributed by atoms with Crippen LogP contribution in [-0.4, -0.2) is 43.3 Å². The molecule has 0 saturated carbocycles. The molecule has 1 aliphatic heterocycles. The van der Waals surface area contributed by atoms with Gasteiger partial charge in [-0.15, -0.1) is 11.3 Å². The summed E-state index contributed by atoms with van der Waals surface area (Å²) in [4.78, 5) is 3.93. The summed E-state index contributed by atoms with van der Waals surface area (Å²) in [6.45, 7) is 5.87. The van der Waals surface area contributed by atoms with E-state index in [9.17, 15) is 0 Å². The zero-order valence-corrected chi connectivity index (χ0v) is 10.6. The van der Waals surface area contributed by atoms with Crippen LogP contribution in [0.2, 0.25) is 0 Å². The Kier molecular flexibility index (Phi) is 4.35. The normalized spacial score (nSPS) is 27.1. The van der Waals surface area contributed by atoms with Gasteiger partial charge in [-0.05, 0) is 24.8 Å². The summed E-state index contributed by atoms with van der Waals surface area (Å²) < 4.78 is 5.74. The van der Waals surface area contributed by atoms with E-state index in [1.54, 1.807) is 0 Å². The number of nitrogens with two attached hydrogens (primary N) is 1. The third-order valence-corrected chi connectivity index (χ3v) is 3.86. The van der Waals surface area contributed by atoms with Gasteiger partial charge in [0.25, 0.3) is 0 Å². The van der Waals surface area contributed by atoms with Crippen molar-refractivity contribution in [2.24, 2.45) is 5.73 Å². The first-order valence-corrected chi connectivity index (χ1v) is 6.76. The summed E-state index contributed by atoms with van der Waals surface area (Å²) in [5, 5.41) is 2.14. The van der Waals surface area contributed by atoms with Crippen LogP contribution in [0.3, 0.4) is 0 Å². The highest BCUT2D eigenvalue weighted by Crippen LogP contribution is 2.13. The summed E-state index contributed by atoms with van der Waals surface area (Å²) in [5.74, 6) is 0. The Morgan fingerprint density at radius 2 is 2.44 bits per heavy atom. The predicted octanol–water partition coefficient (Wildman–Crippen LogP) is 1.34. The minimum atomic E-state index is 0.215. The first kappa shape index (κ1) is 12.0. The first-order chi connectivity index (χ1) is 7.78. The third kappa shape index (κ3) is 3.28. The molecule has 16 heavy (non-hydrogen) atoms. The molecule has 0 spiro atoms. The summed E-state index contributed by atoms with van der Waals surface area (Å²) in [6.07, 6.45) is 1.67. The van der Waals surface area contributed by atoms with E-state index < -0.39 is 0 Å². The van der Waals surface area contributed by atoms with Gasteiger partial charge in [0.15, 0.2) is 0 Å². The second-order valence-corrected chi connectivity index (χ2v) is 5.43. The van der Waals surface area contributed by atoms with Gasteiger partial charge in [0.05, 0.1) is 12.2 Å². The van der Waals surface area contributed by atoms with Crippen molar-refractivity contribution < 1.29 is 4.74 Å². The van der Waals surface area contributed by atoms with Crippen LogP contribution in [0, 0.1) is 0 Å². The third-order valence-electron chi connectivity index (χ3n) is 2.92. The van der Waals surface area contributed by atoms with E-state index in [1.807, 2.05) is 11.3 Å². The van der Waals surface area contributed by atoms with Gasteiger partial charge in [-0.2, -0.15) is 0 Å². The molecule has 4 heteroatoms. The van der Waals surface area contributed by atoms with Gasteiger partial charge in [0.2, 0.25) is 0 Å². The molecule has 1 aliphatic rings. The van der Waals surface area contributed by atoms with Crippen molar-refractivity contribution in [2.45, 2.75) is 25.6 Å². The van der Waals surface area contributed by atoms with Gasteiger partial charge in [-0.3, -0.25) is 4.90 Å². The Balaban J connectivity index is 1.80. The van der Waals surface area contributed by atoms with Crippen LogP contribution in [0.1, 0.15) is 11.8 Å². The Morgan fingerprint density at radius 1 is 1.56 bits per heavy atom. The van der Waals surface area contributed by atoms with E-state index in [2.05, 4.69) is 29.3 Å². The number of hydrogen-bond donors (Lipinski definition) is 1. The molecule has 1 aromatic heterocycles. The average molecular weight is 240 g/mol. The standard InChI is InChI=1S/C12H20N2OS/c1-10-8-14(9-11(7-13)15-10)5-4-12-3-2-6-16-12/h2-3,6,10-11H,4-5,7-9,13H2,1H3. The van der Waals surface area contributed by atoms with Crippen LogP contribution in [0.5, 0.6) is 0 Å². The maximum Gasteiger partial charge on any atom is 0.0828 e. The molecule has 1 saturated heterocycles. The first-order valence-electron chi connectivity index (χ1n) is 5.88. The van der Waals surface area contributed by atoms with Crippen molar-refractivity contribution >= 4 is 11.3 Å². The lowest BCUT2D eigenvalue weighted by Gasteiger charge is -2.36. The predicted molar refractivity (Wildman–Crippen MR) is 67.9 cm³/mol. The van der Waals surface area contributed by atoms with Crippen LogP contribution in [-0.2, 0) is 11.2 Å². The number of nitrogens with zero attached hydrogens (tertiary/aromatic N) is 1. The summed E-state index contributed by atoms with van der Waals surface area (Å²) in [7, 11) is 0. The van der Waals surface area contributed by atoms with Gasteiger partial charge in [0, 0.05) is 31.1 Å². The molecule has 2 heterocycles. The fourth-order valence-electron chi connectivity index (χ4n) is 2.18. The van der Waals surface area contributed by atoms with E-state index in [-0.39, 0.29) is 6.10 Å². The van der Waals surface area contributed by atoms with Crippen molar-refractivity contribution in [3.05, 3.63) is 22.4 Å². The van der Waals surface area contributed by atoms with Crippen molar-refractivity contribution in [1.82, 2.24) is 4.90 Å². The molecular weight excluding hydrogens is 220 g/mol. The van der Waals surface area contributed by atoms with E-state index in [4.69, 9.17) is 10.5 Å². The molecule has 1 aromatic rings. The maximum atomic E-state index is 5.74. The number of morpholine rings is 1. The minimum Gasteiger partial charge on any atom is -0.371 e. The highest BCUT2D eigenvalue weighted by Gasteiger charge is 2.23. The fourth-order valence-corrected chi connectivity index (χ4v) is 2.87. The molecule has 2 rings (SSSR count). The van der Waals surface area contributed by atoms with Gasteiger partial charge >= 0.3 is 0 Å². The highest BCUT2D eigenvalue weighted by molar-refractivity contribution is 7.09. The lowest BCUT2D eigenvalue weighted by molar-refractivity contribution is -0.0715. The average Bonchev–Trinajstić information content (AvgIpc) is 2.78. The fraction of sp³-hybridized carbons (Fsp3) is 0.667. The molecule has 2 atom stereocenters.